The van der Waals surface area contributed by atoms with E-state index in [0.717, 1.165) is 39.8 Å². The van der Waals surface area contributed by atoms with Crippen LogP contribution in [-0.4, -0.2) is 36.4 Å². The highest BCUT2D eigenvalue weighted by atomic mass is 79.9. The molecule has 1 N–H and O–H groups in total. The molecule has 5 heteroatoms. The second-order valence-corrected chi connectivity index (χ2v) is 5.54. The van der Waals surface area contributed by atoms with E-state index in [1.165, 1.54) is 0 Å². The predicted molar refractivity (Wildman–Crippen MR) is 78.9 cm³/mol. The minimum absolute atomic E-state index is 0.283. The zero-order valence-electron chi connectivity index (χ0n) is 10.7. The largest absolute Gasteiger partial charge is 0.507 e. The molecule has 4 nitrogen and oxygen atoms in total. The molecule has 0 unspecified atom stereocenters. The lowest BCUT2D eigenvalue weighted by molar-refractivity contribution is 0.122. The normalized spacial score (nSPS) is 16.0. The molecule has 0 spiro atoms. The van der Waals surface area contributed by atoms with Gasteiger partial charge in [0.15, 0.2) is 0 Å². The number of rotatable bonds is 1. The summed E-state index contributed by atoms with van der Waals surface area (Å²) >= 11 is 3.51. The van der Waals surface area contributed by atoms with E-state index in [4.69, 9.17) is 4.74 Å². The molecule has 1 aromatic carbocycles. The number of benzene rings is 1. The van der Waals surface area contributed by atoms with E-state index in [2.05, 4.69) is 25.8 Å². The van der Waals surface area contributed by atoms with Crippen molar-refractivity contribution in [3.63, 3.8) is 0 Å². The van der Waals surface area contributed by atoms with Gasteiger partial charge in [-0.15, -0.1) is 0 Å². The Morgan fingerprint density at radius 3 is 2.79 bits per heavy atom. The van der Waals surface area contributed by atoms with Crippen molar-refractivity contribution in [1.82, 2.24) is 4.98 Å². The third kappa shape index (κ3) is 2.28. The van der Waals surface area contributed by atoms with Crippen LogP contribution in [0.3, 0.4) is 0 Å². The summed E-state index contributed by atoms with van der Waals surface area (Å²) in [6, 6.07) is 5.68. The van der Waals surface area contributed by atoms with Gasteiger partial charge in [-0.2, -0.15) is 0 Å². The van der Waals surface area contributed by atoms with E-state index in [-0.39, 0.29) is 5.75 Å². The number of aryl methyl sites for hydroxylation is 1. The minimum Gasteiger partial charge on any atom is -0.507 e. The fourth-order valence-corrected chi connectivity index (χ4v) is 2.81. The summed E-state index contributed by atoms with van der Waals surface area (Å²) in [6.45, 7) is 5.00. The average Bonchev–Trinajstić information content (AvgIpc) is 2.43. The lowest BCUT2D eigenvalue weighted by Gasteiger charge is -2.28. The molecule has 1 saturated heterocycles. The predicted octanol–water partition coefficient (Wildman–Crippen LogP) is 2.85. The van der Waals surface area contributed by atoms with Crippen molar-refractivity contribution in [2.75, 3.05) is 31.2 Å². The highest BCUT2D eigenvalue weighted by Crippen LogP contribution is 2.34. The molecule has 1 aliphatic heterocycles. The Hall–Kier alpha value is -1.33. The number of fused-ring (bicyclic) bond motifs is 1. The maximum atomic E-state index is 10.3. The van der Waals surface area contributed by atoms with E-state index in [1.54, 1.807) is 6.07 Å². The summed E-state index contributed by atoms with van der Waals surface area (Å²) in [5.74, 6) is 1.09. The van der Waals surface area contributed by atoms with E-state index in [1.807, 2.05) is 19.1 Å². The maximum absolute atomic E-state index is 10.3. The Labute approximate surface area is 120 Å². The van der Waals surface area contributed by atoms with Crippen LogP contribution in [0, 0.1) is 6.92 Å². The number of hydrogen-bond acceptors (Lipinski definition) is 4. The molecular formula is C14H15BrN2O2. The number of ether oxygens (including phenoxy) is 1. The van der Waals surface area contributed by atoms with Crippen molar-refractivity contribution >= 4 is 32.7 Å². The zero-order valence-corrected chi connectivity index (χ0v) is 12.3. The second-order valence-electron chi connectivity index (χ2n) is 4.69. The van der Waals surface area contributed by atoms with Crippen molar-refractivity contribution in [3.8, 4) is 5.75 Å². The van der Waals surface area contributed by atoms with E-state index in [9.17, 15) is 5.11 Å². The van der Waals surface area contributed by atoms with Gasteiger partial charge in [-0.3, -0.25) is 0 Å². The number of halogens is 1. The highest BCUT2D eigenvalue weighted by molar-refractivity contribution is 9.10. The summed E-state index contributed by atoms with van der Waals surface area (Å²) in [7, 11) is 0. The summed E-state index contributed by atoms with van der Waals surface area (Å²) in [5.41, 5.74) is 1.83. The number of hydrogen-bond donors (Lipinski definition) is 1. The monoisotopic (exact) mass is 322 g/mol. The fraction of sp³-hybridized carbons (Fsp3) is 0.357. The first-order valence-corrected chi connectivity index (χ1v) is 7.07. The van der Waals surface area contributed by atoms with Crippen LogP contribution in [0.25, 0.3) is 10.9 Å². The first kappa shape index (κ1) is 12.7. The van der Waals surface area contributed by atoms with Gasteiger partial charge in [-0.1, -0.05) is 6.07 Å². The van der Waals surface area contributed by atoms with Crippen molar-refractivity contribution in [2.45, 2.75) is 6.92 Å². The van der Waals surface area contributed by atoms with Gasteiger partial charge in [0, 0.05) is 29.0 Å². The molecule has 0 bridgehead atoms. The summed E-state index contributed by atoms with van der Waals surface area (Å²) < 4.78 is 6.24. The molecule has 1 aliphatic rings. The number of aromatic nitrogens is 1. The van der Waals surface area contributed by atoms with Gasteiger partial charge in [-0.05, 0) is 34.5 Å². The number of anilines is 1. The molecule has 3 rings (SSSR count). The average molecular weight is 323 g/mol. The Morgan fingerprint density at radius 1 is 1.32 bits per heavy atom. The van der Waals surface area contributed by atoms with Crippen LogP contribution < -0.4 is 4.90 Å². The highest BCUT2D eigenvalue weighted by Gasteiger charge is 2.16. The van der Waals surface area contributed by atoms with E-state index < -0.39 is 0 Å². The van der Waals surface area contributed by atoms with Crippen LogP contribution in [-0.2, 0) is 4.74 Å². The SMILES string of the molecule is Cc1ccc(Br)c2nc(N3CCOCC3)cc(O)c12. The van der Waals surface area contributed by atoms with Crippen LogP contribution in [0.2, 0.25) is 0 Å². The zero-order chi connectivity index (χ0) is 13.4. The van der Waals surface area contributed by atoms with Gasteiger partial charge >= 0.3 is 0 Å². The standard InChI is InChI=1S/C14H15BrN2O2/c1-9-2-3-10(15)14-13(9)11(18)8-12(16-14)17-4-6-19-7-5-17/h2-3,8H,4-7H2,1H3,(H,16,18). The molecule has 1 aromatic heterocycles. The van der Waals surface area contributed by atoms with Gasteiger partial charge in [0.2, 0.25) is 0 Å². The van der Waals surface area contributed by atoms with Gasteiger partial charge in [-0.25, -0.2) is 4.98 Å². The number of nitrogens with zero attached hydrogens (tertiary/aromatic N) is 2. The molecule has 100 valence electrons. The Kier molecular flexibility index (Phi) is 3.33. The van der Waals surface area contributed by atoms with Gasteiger partial charge in [0.05, 0.1) is 18.7 Å². The molecule has 19 heavy (non-hydrogen) atoms. The molecule has 0 radical (unpaired) electrons. The van der Waals surface area contributed by atoms with Crippen molar-refractivity contribution in [3.05, 3.63) is 28.2 Å². The van der Waals surface area contributed by atoms with Crippen LogP contribution in [0.5, 0.6) is 5.75 Å². The van der Waals surface area contributed by atoms with Crippen molar-refractivity contribution < 1.29 is 9.84 Å². The number of aromatic hydroxyl groups is 1. The molecule has 0 aliphatic carbocycles. The smallest absolute Gasteiger partial charge is 0.133 e. The van der Waals surface area contributed by atoms with E-state index in [0.29, 0.717) is 13.2 Å². The van der Waals surface area contributed by atoms with Crippen LogP contribution in [0.4, 0.5) is 5.82 Å². The quantitative estimate of drug-likeness (QED) is 0.877. The third-order valence-electron chi connectivity index (χ3n) is 3.42. The molecule has 2 heterocycles. The van der Waals surface area contributed by atoms with Crippen molar-refractivity contribution in [1.29, 1.82) is 0 Å². The molecule has 0 saturated carbocycles. The first-order chi connectivity index (χ1) is 9.16. The van der Waals surface area contributed by atoms with Crippen LogP contribution in [0.15, 0.2) is 22.7 Å². The summed E-state index contributed by atoms with van der Waals surface area (Å²) in [6.07, 6.45) is 0. The molecular weight excluding hydrogens is 308 g/mol. The van der Waals surface area contributed by atoms with Crippen molar-refractivity contribution in [2.24, 2.45) is 0 Å². The summed E-state index contributed by atoms with van der Waals surface area (Å²) in [4.78, 5) is 6.82. The molecule has 2 aromatic rings. The lowest BCUT2D eigenvalue weighted by Crippen LogP contribution is -2.36. The Bertz CT molecular complexity index is 624. The Balaban J connectivity index is 2.15. The topological polar surface area (TPSA) is 45.6 Å². The van der Waals surface area contributed by atoms with Crippen LogP contribution >= 0.6 is 15.9 Å². The molecule has 0 amide bonds. The first-order valence-electron chi connectivity index (χ1n) is 6.28. The fourth-order valence-electron chi connectivity index (χ4n) is 2.39. The third-order valence-corrected chi connectivity index (χ3v) is 4.06. The van der Waals surface area contributed by atoms with E-state index >= 15 is 0 Å². The number of pyridine rings is 1. The van der Waals surface area contributed by atoms with Gasteiger partial charge in [0.25, 0.3) is 0 Å². The maximum Gasteiger partial charge on any atom is 0.133 e. The molecule has 0 atom stereocenters. The van der Waals surface area contributed by atoms with Gasteiger partial charge < -0.3 is 14.7 Å². The van der Waals surface area contributed by atoms with Crippen LogP contribution in [0.1, 0.15) is 5.56 Å². The van der Waals surface area contributed by atoms with Gasteiger partial charge in [0.1, 0.15) is 11.6 Å². The lowest BCUT2D eigenvalue weighted by atomic mass is 10.1. The minimum atomic E-state index is 0.283. The number of morpholine rings is 1. The molecule has 1 fully saturated rings. The Morgan fingerprint density at radius 2 is 2.05 bits per heavy atom. The summed E-state index contributed by atoms with van der Waals surface area (Å²) in [5, 5.41) is 11.1. The second kappa shape index (κ2) is 4.98.